The average Bonchev–Trinajstić information content (AvgIpc) is 2.64. The second-order valence-corrected chi connectivity index (χ2v) is 5.65. The summed E-state index contributed by atoms with van der Waals surface area (Å²) < 4.78 is 53.3. The number of carbonyl (C=O) groups is 1. The van der Waals surface area contributed by atoms with Crippen LogP contribution >= 0.6 is 11.8 Å². The van der Waals surface area contributed by atoms with Crippen LogP contribution in [-0.2, 0) is 16.7 Å². The van der Waals surface area contributed by atoms with Crippen molar-refractivity contribution in [1.82, 2.24) is 15.0 Å². The molecular weight excluding hydrogens is 375 g/mol. The first-order chi connectivity index (χ1) is 12.3. The molecule has 7 nitrogen and oxygen atoms in total. The maximum Gasteiger partial charge on any atom is 0.433 e. The molecule has 2 aromatic rings. The molecule has 2 heterocycles. The molecule has 2 rings (SSSR count). The van der Waals surface area contributed by atoms with Crippen LogP contribution < -0.4 is 9.47 Å². The Morgan fingerprint density at radius 2 is 1.69 bits per heavy atom. The van der Waals surface area contributed by atoms with Crippen LogP contribution in [-0.4, -0.2) is 42.3 Å². The van der Waals surface area contributed by atoms with Gasteiger partial charge in [-0.05, 0) is 12.1 Å². The monoisotopic (exact) mass is 389 g/mol. The van der Waals surface area contributed by atoms with Gasteiger partial charge in [0.1, 0.15) is 5.69 Å². The number of nitrogens with zero attached hydrogens (tertiary/aromatic N) is 3. The minimum absolute atomic E-state index is 0.0668. The fourth-order valence-corrected chi connectivity index (χ4v) is 2.65. The number of hydrogen-bond donors (Lipinski definition) is 0. The zero-order valence-electron chi connectivity index (χ0n) is 14.0. The fraction of sp³-hybridized carbons (Fsp3) is 0.333. The highest BCUT2D eigenvalue weighted by Crippen LogP contribution is 2.30. The molecule has 11 heteroatoms. The third kappa shape index (κ3) is 4.75. The van der Waals surface area contributed by atoms with Gasteiger partial charge in [0.15, 0.2) is 5.16 Å². The summed E-state index contributed by atoms with van der Waals surface area (Å²) in [5.74, 6) is -0.426. The van der Waals surface area contributed by atoms with Gasteiger partial charge in [0.2, 0.25) is 11.8 Å². The normalized spacial score (nSPS) is 11.2. The Hall–Kier alpha value is -2.56. The van der Waals surface area contributed by atoms with Crippen LogP contribution in [0.25, 0.3) is 0 Å². The van der Waals surface area contributed by atoms with Crippen molar-refractivity contribution in [3.63, 3.8) is 0 Å². The van der Waals surface area contributed by atoms with Crippen molar-refractivity contribution in [1.29, 1.82) is 0 Å². The SMILES string of the molecule is COC(=O)c1ccc(C(F)(F)F)nc1CSc1nc(OC)cc(OC)n1. The van der Waals surface area contributed by atoms with E-state index >= 15 is 0 Å². The Morgan fingerprint density at radius 3 is 2.19 bits per heavy atom. The van der Waals surface area contributed by atoms with Crippen LogP contribution in [0.15, 0.2) is 23.4 Å². The summed E-state index contributed by atoms with van der Waals surface area (Å²) in [7, 11) is 3.94. The van der Waals surface area contributed by atoms with E-state index in [0.29, 0.717) is 0 Å². The number of halogens is 3. The molecule has 0 saturated carbocycles. The first-order valence-corrected chi connectivity index (χ1v) is 8.02. The maximum absolute atomic E-state index is 12.9. The lowest BCUT2D eigenvalue weighted by atomic mass is 10.2. The number of esters is 1. The van der Waals surface area contributed by atoms with Crippen molar-refractivity contribution < 1.29 is 32.2 Å². The summed E-state index contributed by atoms with van der Waals surface area (Å²) in [6.45, 7) is 0. The summed E-state index contributed by atoms with van der Waals surface area (Å²) in [5, 5.41) is 0.191. The van der Waals surface area contributed by atoms with E-state index in [1.165, 1.54) is 20.3 Å². The quantitative estimate of drug-likeness (QED) is 0.424. The Balaban J connectivity index is 2.34. The third-order valence-corrected chi connectivity index (χ3v) is 3.94. The standard InChI is InChI=1S/C15H14F3N3O4S/c1-23-11-6-12(24-2)21-14(20-11)26-7-9-8(13(22)25-3)4-5-10(19-9)15(16,17)18/h4-6H,7H2,1-3H3. The number of aromatic nitrogens is 3. The molecule has 0 amide bonds. The molecule has 0 fully saturated rings. The van der Waals surface area contributed by atoms with Crippen LogP contribution in [0.5, 0.6) is 11.8 Å². The van der Waals surface area contributed by atoms with Gasteiger partial charge in [0, 0.05) is 5.75 Å². The molecule has 0 radical (unpaired) electrons. The molecule has 0 spiro atoms. The van der Waals surface area contributed by atoms with Crippen molar-refractivity contribution in [2.75, 3.05) is 21.3 Å². The smallest absolute Gasteiger partial charge is 0.433 e. The highest BCUT2D eigenvalue weighted by atomic mass is 32.2. The van der Waals surface area contributed by atoms with E-state index in [0.717, 1.165) is 31.0 Å². The van der Waals surface area contributed by atoms with E-state index in [9.17, 15) is 18.0 Å². The Bertz CT molecular complexity index is 780. The van der Waals surface area contributed by atoms with Crippen molar-refractivity contribution in [3.8, 4) is 11.8 Å². The number of rotatable bonds is 6. The van der Waals surface area contributed by atoms with Gasteiger partial charge < -0.3 is 14.2 Å². The molecule has 0 N–H and O–H groups in total. The lowest BCUT2D eigenvalue weighted by Crippen LogP contribution is -2.13. The second-order valence-electron chi connectivity index (χ2n) is 4.70. The number of ether oxygens (including phenoxy) is 3. The topological polar surface area (TPSA) is 83.4 Å². The number of carbonyl (C=O) groups excluding carboxylic acids is 1. The number of pyridine rings is 1. The molecule has 140 valence electrons. The predicted octanol–water partition coefficient (Wildman–Crippen LogP) is 2.99. The van der Waals surface area contributed by atoms with E-state index in [1.54, 1.807) is 0 Å². The van der Waals surface area contributed by atoms with Gasteiger partial charge in [-0.25, -0.2) is 9.78 Å². The van der Waals surface area contributed by atoms with E-state index in [2.05, 4.69) is 19.7 Å². The number of hydrogen-bond acceptors (Lipinski definition) is 8. The van der Waals surface area contributed by atoms with E-state index in [4.69, 9.17) is 9.47 Å². The Kier molecular flexibility index (Phi) is 6.24. The summed E-state index contributed by atoms with van der Waals surface area (Å²) >= 11 is 0.974. The lowest BCUT2D eigenvalue weighted by Gasteiger charge is -2.11. The molecule has 2 aromatic heterocycles. The Labute approximate surface area is 150 Å². The van der Waals surface area contributed by atoms with Gasteiger partial charge in [-0.1, -0.05) is 11.8 Å². The summed E-state index contributed by atoms with van der Waals surface area (Å²) in [4.78, 5) is 23.5. The highest BCUT2D eigenvalue weighted by molar-refractivity contribution is 7.98. The minimum Gasteiger partial charge on any atom is -0.481 e. The van der Waals surface area contributed by atoms with Gasteiger partial charge >= 0.3 is 12.1 Å². The van der Waals surface area contributed by atoms with Gasteiger partial charge in [0.25, 0.3) is 0 Å². The molecule has 0 unspecified atom stereocenters. The first-order valence-electron chi connectivity index (χ1n) is 7.03. The molecular formula is C15H14F3N3O4S. The number of methoxy groups -OCH3 is 3. The van der Waals surface area contributed by atoms with Gasteiger partial charge in [-0.15, -0.1) is 0 Å². The van der Waals surface area contributed by atoms with Crippen LogP contribution in [0.2, 0.25) is 0 Å². The summed E-state index contributed by atoms with van der Waals surface area (Å²) in [6, 6.07) is 3.21. The summed E-state index contributed by atoms with van der Waals surface area (Å²) in [6.07, 6.45) is -4.64. The van der Waals surface area contributed by atoms with Crippen LogP contribution in [0.4, 0.5) is 13.2 Å². The van der Waals surface area contributed by atoms with E-state index in [-0.39, 0.29) is 33.9 Å². The molecule has 0 saturated heterocycles. The summed E-state index contributed by atoms with van der Waals surface area (Å²) in [5.41, 5.74) is -1.27. The van der Waals surface area contributed by atoms with E-state index < -0.39 is 17.8 Å². The van der Waals surface area contributed by atoms with Crippen molar-refractivity contribution in [2.45, 2.75) is 17.1 Å². The zero-order chi connectivity index (χ0) is 19.3. The van der Waals surface area contributed by atoms with Crippen molar-refractivity contribution in [2.24, 2.45) is 0 Å². The lowest BCUT2D eigenvalue weighted by molar-refractivity contribution is -0.141. The molecule has 0 atom stereocenters. The molecule has 0 bridgehead atoms. The molecule has 0 aliphatic rings. The second kappa shape index (κ2) is 8.21. The van der Waals surface area contributed by atoms with Gasteiger partial charge in [0.05, 0.1) is 38.7 Å². The fourth-order valence-electron chi connectivity index (χ4n) is 1.86. The van der Waals surface area contributed by atoms with Gasteiger partial charge in [-0.3, -0.25) is 0 Å². The molecule has 0 aliphatic heterocycles. The van der Waals surface area contributed by atoms with Crippen LogP contribution in [0.3, 0.4) is 0 Å². The number of thioether (sulfide) groups is 1. The number of alkyl halides is 3. The van der Waals surface area contributed by atoms with Gasteiger partial charge in [-0.2, -0.15) is 23.1 Å². The van der Waals surface area contributed by atoms with Crippen LogP contribution in [0, 0.1) is 0 Å². The van der Waals surface area contributed by atoms with E-state index in [1.807, 2.05) is 0 Å². The average molecular weight is 389 g/mol. The predicted molar refractivity (Wildman–Crippen MR) is 85.3 cm³/mol. The minimum atomic E-state index is -4.64. The molecule has 0 aromatic carbocycles. The first kappa shape index (κ1) is 19.8. The zero-order valence-corrected chi connectivity index (χ0v) is 14.8. The molecule has 26 heavy (non-hydrogen) atoms. The third-order valence-electron chi connectivity index (χ3n) is 3.08. The van der Waals surface area contributed by atoms with Crippen LogP contribution in [0.1, 0.15) is 21.7 Å². The largest absolute Gasteiger partial charge is 0.481 e. The maximum atomic E-state index is 12.9. The Morgan fingerprint density at radius 1 is 1.08 bits per heavy atom. The highest BCUT2D eigenvalue weighted by Gasteiger charge is 2.33. The van der Waals surface area contributed by atoms with Crippen molar-refractivity contribution >= 4 is 17.7 Å². The molecule has 0 aliphatic carbocycles. The van der Waals surface area contributed by atoms with Crippen molar-refractivity contribution in [3.05, 3.63) is 35.2 Å².